The summed E-state index contributed by atoms with van der Waals surface area (Å²) in [7, 11) is 0. The van der Waals surface area contributed by atoms with Gasteiger partial charge in [-0.25, -0.2) is 0 Å². The fraction of sp³-hybridized carbons (Fsp3) is 0.167. The minimum Gasteiger partial charge on any atom is -0.388 e. The fourth-order valence-electron chi connectivity index (χ4n) is 2.51. The molecule has 1 heterocycles. The van der Waals surface area contributed by atoms with E-state index >= 15 is 0 Å². The molecule has 0 aliphatic rings. The summed E-state index contributed by atoms with van der Waals surface area (Å²) in [6, 6.07) is 18.0. The maximum atomic E-state index is 10.2. The van der Waals surface area contributed by atoms with Crippen molar-refractivity contribution >= 4 is 10.8 Å². The topological polar surface area (TPSA) is 33.1 Å². The summed E-state index contributed by atoms with van der Waals surface area (Å²) >= 11 is 0. The predicted octanol–water partition coefficient (Wildman–Crippen LogP) is 3.90. The number of hydrogen-bond acceptors (Lipinski definition) is 2. The Labute approximate surface area is 118 Å². The second kappa shape index (κ2) is 5.85. The van der Waals surface area contributed by atoms with E-state index < -0.39 is 6.10 Å². The molecule has 3 rings (SSSR count). The molecule has 1 aromatic heterocycles. The average Bonchev–Trinajstić information content (AvgIpc) is 2.53. The van der Waals surface area contributed by atoms with Crippen LogP contribution >= 0.6 is 0 Å². The molecule has 2 aromatic carbocycles. The molecule has 0 saturated carbocycles. The van der Waals surface area contributed by atoms with Crippen LogP contribution in [0, 0.1) is 0 Å². The van der Waals surface area contributed by atoms with E-state index in [2.05, 4.69) is 17.1 Å². The van der Waals surface area contributed by atoms with Gasteiger partial charge in [-0.05, 0) is 29.4 Å². The van der Waals surface area contributed by atoms with Crippen LogP contribution in [0.1, 0.15) is 23.7 Å². The van der Waals surface area contributed by atoms with Crippen LogP contribution < -0.4 is 0 Å². The number of fused-ring (bicyclic) bond motifs is 1. The molecule has 2 heteroatoms. The van der Waals surface area contributed by atoms with Crippen molar-refractivity contribution in [2.45, 2.75) is 18.9 Å². The number of aryl methyl sites for hydroxylation is 1. The number of rotatable bonds is 4. The first kappa shape index (κ1) is 12.8. The van der Waals surface area contributed by atoms with E-state index in [0.717, 1.165) is 17.4 Å². The van der Waals surface area contributed by atoms with E-state index in [1.807, 2.05) is 54.9 Å². The quantitative estimate of drug-likeness (QED) is 0.774. The molecule has 0 aliphatic carbocycles. The summed E-state index contributed by atoms with van der Waals surface area (Å²) < 4.78 is 0. The third-order valence-electron chi connectivity index (χ3n) is 3.62. The number of pyridine rings is 1. The van der Waals surface area contributed by atoms with Crippen LogP contribution in [-0.2, 0) is 6.42 Å². The summed E-state index contributed by atoms with van der Waals surface area (Å²) in [6.45, 7) is 0. The first-order chi connectivity index (χ1) is 9.84. The van der Waals surface area contributed by atoms with Crippen LogP contribution in [0.25, 0.3) is 10.8 Å². The van der Waals surface area contributed by atoms with Crippen molar-refractivity contribution in [3.05, 3.63) is 78.1 Å². The zero-order chi connectivity index (χ0) is 13.8. The Kier molecular flexibility index (Phi) is 3.75. The molecule has 0 radical (unpaired) electrons. The van der Waals surface area contributed by atoms with Gasteiger partial charge in [-0.15, -0.1) is 0 Å². The molecular weight excluding hydrogens is 246 g/mol. The molecule has 0 fully saturated rings. The van der Waals surface area contributed by atoms with Gasteiger partial charge in [-0.1, -0.05) is 54.6 Å². The maximum absolute atomic E-state index is 10.2. The highest BCUT2D eigenvalue weighted by Gasteiger charge is 2.08. The Morgan fingerprint density at radius 2 is 1.65 bits per heavy atom. The Balaban J connectivity index is 1.77. The number of aromatic nitrogens is 1. The van der Waals surface area contributed by atoms with E-state index in [1.165, 1.54) is 10.9 Å². The Bertz CT molecular complexity index is 689. The van der Waals surface area contributed by atoms with Crippen LogP contribution in [0.5, 0.6) is 0 Å². The lowest BCUT2D eigenvalue weighted by molar-refractivity contribution is 0.168. The lowest BCUT2D eigenvalue weighted by Gasteiger charge is -2.11. The van der Waals surface area contributed by atoms with E-state index in [-0.39, 0.29) is 0 Å². The van der Waals surface area contributed by atoms with Crippen LogP contribution in [0.15, 0.2) is 67.0 Å². The number of aliphatic hydroxyl groups excluding tert-OH is 1. The molecule has 0 amide bonds. The molecule has 0 spiro atoms. The largest absolute Gasteiger partial charge is 0.388 e. The molecule has 0 saturated heterocycles. The van der Waals surface area contributed by atoms with Crippen LogP contribution in [0.3, 0.4) is 0 Å². The zero-order valence-corrected chi connectivity index (χ0v) is 11.2. The monoisotopic (exact) mass is 263 g/mol. The lowest BCUT2D eigenvalue weighted by atomic mass is 9.99. The standard InChI is InChI=1S/C18H17NO/c20-18(14-6-2-1-3-7-14)11-10-16-13-19-12-15-8-4-5-9-17(15)16/h1-9,12-13,18,20H,10-11H2. The van der Waals surface area contributed by atoms with Crippen LogP contribution in [-0.4, -0.2) is 10.1 Å². The molecule has 1 atom stereocenters. The number of benzene rings is 2. The summed E-state index contributed by atoms with van der Waals surface area (Å²) in [5.41, 5.74) is 2.17. The molecule has 1 N–H and O–H groups in total. The summed E-state index contributed by atoms with van der Waals surface area (Å²) in [4.78, 5) is 4.28. The molecule has 0 bridgehead atoms. The van der Waals surface area contributed by atoms with Crippen molar-refractivity contribution in [3.8, 4) is 0 Å². The van der Waals surface area contributed by atoms with Crippen molar-refractivity contribution in [2.24, 2.45) is 0 Å². The fourth-order valence-corrected chi connectivity index (χ4v) is 2.51. The minimum absolute atomic E-state index is 0.421. The van der Waals surface area contributed by atoms with E-state index in [4.69, 9.17) is 0 Å². The smallest absolute Gasteiger partial charge is 0.0793 e. The van der Waals surface area contributed by atoms with Crippen molar-refractivity contribution in [2.75, 3.05) is 0 Å². The van der Waals surface area contributed by atoms with Crippen molar-refractivity contribution < 1.29 is 5.11 Å². The minimum atomic E-state index is -0.421. The molecular formula is C18H17NO. The van der Waals surface area contributed by atoms with Crippen molar-refractivity contribution in [3.63, 3.8) is 0 Å². The summed E-state index contributed by atoms with van der Waals surface area (Å²) in [6.07, 6.45) is 4.89. The molecule has 20 heavy (non-hydrogen) atoms. The van der Waals surface area contributed by atoms with Gasteiger partial charge in [0.1, 0.15) is 0 Å². The average molecular weight is 263 g/mol. The lowest BCUT2D eigenvalue weighted by Crippen LogP contribution is -2.00. The Morgan fingerprint density at radius 3 is 2.50 bits per heavy atom. The highest BCUT2D eigenvalue weighted by molar-refractivity contribution is 5.84. The van der Waals surface area contributed by atoms with Gasteiger partial charge in [0.25, 0.3) is 0 Å². The first-order valence-corrected chi connectivity index (χ1v) is 6.89. The van der Waals surface area contributed by atoms with Gasteiger partial charge in [0, 0.05) is 17.8 Å². The summed E-state index contributed by atoms with van der Waals surface area (Å²) in [5.74, 6) is 0. The van der Waals surface area contributed by atoms with Gasteiger partial charge in [-0.2, -0.15) is 0 Å². The normalized spacial score (nSPS) is 12.4. The Morgan fingerprint density at radius 1 is 0.900 bits per heavy atom. The van der Waals surface area contributed by atoms with Gasteiger partial charge in [0.15, 0.2) is 0 Å². The van der Waals surface area contributed by atoms with Crippen molar-refractivity contribution in [1.29, 1.82) is 0 Å². The van der Waals surface area contributed by atoms with Gasteiger partial charge in [-0.3, -0.25) is 4.98 Å². The van der Waals surface area contributed by atoms with Crippen LogP contribution in [0.2, 0.25) is 0 Å². The first-order valence-electron chi connectivity index (χ1n) is 6.89. The summed E-state index contributed by atoms with van der Waals surface area (Å²) in [5, 5.41) is 12.6. The number of nitrogens with zero attached hydrogens (tertiary/aromatic N) is 1. The predicted molar refractivity (Wildman–Crippen MR) is 81.5 cm³/mol. The SMILES string of the molecule is OC(CCc1cncc2ccccc12)c1ccccc1. The highest BCUT2D eigenvalue weighted by atomic mass is 16.3. The van der Waals surface area contributed by atoms with Gasteiger partial charge in [0.05, 0.1) is 6.10 Å². The second-order valence-electron chi connectivity index (χ2n) is 4.98. The molecule has 2 nitrogen and oxygen atoms in total. The van der Waals surface area contributed by atoms with E-state index in [0.29, 0.717) is 6.42 Å². The van der Waals surface area contributed by atoms with Crippen molar-refractivity contribution in [1.82, 2.24) is 4.98 Å². The molecule has 1 unspecified atom stereocenters. The molecule has 3 aromatic rings. The van der Waals surface area contributed by atoms with Gasteiger partial charge < -0.3 is 5.11 Å². The van der Waals surface area contributed by atoms with E-state index in [9.17, 15) is 5.11 Å². The van der Waals surface area contributed by atoms with E-state index in [1.54, 1.807) is 0 Å². The number of hydrogen-bond donors (Lipinski definition) is 1. The third-order valence-corrected chi connectivity index (χ3v) is 3.62. The zero-order valence-electron chi connectivity index (χ0n) is 11.2. The number of aliphatic hydroxyl groups is 1. The molecule has 0 aliphatic heterocycles. The van der Waals surface area contributed by atoms with Crippen LogP contribution in [0.4, 0.5) is 0 Å². The van der Waals surface area contributed by atoms with Gasteiger partial charge >= 0.3 is 0 Å². The highest BCUT2D eigenvalue weighted by Crippen LogP contribution is 2.22. The molecule has 100 valence electrons. The van der Waals surface area contributed by atoms with Gasteiger partial charge in [0.2, 0.25) is 0 Å². The Hall–Kier alpha value is -2.19. The second-order valence-corrected chi connectivity index (χ2v) is 4.98. The maximum Gasteiger partial charge on any atom is 0.0793 e. The third kappa shape index (κ3) is 2.70.